The summed E-state index contributed by atoms with van der Waals surface area (Å²) < 4.78 is 0. The molecule has 0 heterocycles. The van der Waals surface area contributed by atoms with Crippen LogP contribution in [0.2, 0.25) is 0 Å². The van der Waals surface area contributed by atoms with E-state index in [2.05, 4.69) is 20.4 Å². The number of hydrogen-bond donors (Lipinski definition) is 2. The molecule has 124 valence electrons. The summed E-state index contributed by atoms with van der Waals surface area (Å²) in [4.78, 5) is 0. The van der Waals surface area contributed by atoms with E-state index in [9.17, 15) is 10.2 Å². The smallest absolute Gasteiger partial charge is 0.0608 e. The van der Waals surface area contributed by atoms with Gasteiger partial charge in [0.1, 0.15) is 0 Å². The molecular formula is C20H32O2. The fraction of sp³-hybridized carbons (Fsp3) is 0.900. The average Bonchev–Trinajstić information content (AvgIpc) is 2.75. The maximum atomic E-state index is 10.7. The molecule has 2 N–H and O–H groups in total. The number of hydrogen-bond acceptors (Lipinski definition) is 2. The van der Waals surface area contributed by atoms with E-state index in [1.54, 1.807) is 0 Å². The second-order valence-electron chi connectivity index (χ2n) is 9.63. The van der Waals surface area contributed by atoms with Crippen molar-refractivity contribution in [3.05, 3.63) is 12.2 Å². The zero-order valence-corrected chi connectivity index (χ0v) is 14.3. The molecule has 7 unspecified atom stereocenters. The Balaban J connectivity index is 1.75. The Morgan fingerprint density at radius 1 is 1.18 bits per heavy atom. The van der Waals surface area contributed by atoms with Gasteiger partial charge in [-0.2, -0.15) is 0 Å². The van der Waals surface area contributed by atoms with Crippen molar-refractivity contribution >= 4 is 0 Å². The van der Waals surface area contributed by atoms with E-state index < -0.39 is 0 Å². The van der Waals surface area contributed by atoms with Crippen LogP contribution in [0.25, 0.3) is 0 Å². The standard InChI is InChI=1S/C20H32O2/c1-13-10-20-8-5-16-18(2,12-21)6-4-7-19(16,3)17(20)9-15(22)14(13)11-20/h14-17,21-22H,1,4-12H2,2-3H3. The molecular weight excluding hydrogens is 272 g/mol. The van der Waals surface area contributed by atoms with E-state index in [4.69, 9.17) is 0 Å². The average molecular weight is 304 g/mol. The molecule has 0 aliphatic heterocycles. The molecule has 4 saturated carbocycles. The van der Waals surface area contributed by atoms with E-state index in [1.165, 1.54) is 44.1 Å². The molecule has 1 spiro atoms. The molecule has 2 nitrogen and oxygen atoms in total. The molecule has 0 aromatic carbocycles. The normalized spacial score (nSPS) is 57.4. The van der Waals surface area contributed by atoms with Crippen LogP contribution in [0.5, 0.6) is 0 Å². The highest BCUT2D eigenvalue weighted by Gasteiger charge is 2.64. The van der Waals surface area contributed by atoms with E-state index in [1.807, 2.05) is 0 Å². The molecule has 7 atom stereocenters. The largest absolute Gasteiger partial charge is 0.396 e. The number of fused-ring (bicyclic) bond motifs is 3. The summed E-state index contributed by atoms with van der Waals surface area (Å²) in [7, 11) is 0. The first kappa shape index (κ1) is 15.2. The van der Waals surface area contributed by atoms with Gasteiger partial charge in [-0.15, -0.1) is 0 Å². The molecule has 4 fully saturated rings. The second kappa shape index (κ2) is 4.60. The summed E-state index contributed by atoms with van der Waals surface area (Å²) in [5.41, 5.74) is 2.12. The number of rotatable bonds is 1. The molecule has 22 heavy (non-hydrogen) atoms. The van der Waals surface area contributed by atoms with Crippen molar-refractivity contribution in [1.82, 2.24) is 0 Å². The Morgan fingerprint density at radius 3 is 2.68 bits per heavy atom. The van der Waals surface area contributed by atoms with E-state index >= 15 is 0 Å². The molecule has 4 aliphatic rings. The van der Waals surface area contributed by atoms with Gasteiger partial charge in [0.2, 0.25) is 0 Å². The van der Waals surface area contributed by atoms with Gasteiger partial charge >= 0.3 is 0 Å². The minimum Gasteiger partial charge on any atom is -0.396 e. The van der Waals surface area contributed by atoms with Crippen molar-refractivity contribution in [2.75, 3.05) is 6.61 Å². The van der Waals surface area contributed by atoms with Gasteiger partial charge in [0.15, 0.2) is 0 Å². The van der Waals surface area contributed by atoms with Crippen LogP contribution in [0.1, 0.15) is 65.2 Å². The van der Waals surface area contributed by atoms with E-state index in [-0.39, 0.29) is 11.5 Å². The van der Waals surface area contributed by atoms with E-state index in [0.717, 1.165) is 12.8 Å². The van der Waals surface area contributed by atoms with Gasteiger partial charge < -0.3 is 10.2 Å². The minimum absolute atomic E-state index is 0.0893. The third-order valence-corrected chi connectivity index (χ3v) is 8.60. The minimum atomic E-state index is -0.175. The van der Waals surface area contributed by atoms with Gasteiger partial charge in [0.05, 0.1) is 6.10 Å². The molecule has 2 bridgehead atoms. The predicted molar refractivity (Wildman–Crippen MR) is 88.3 cm³/mol. The predicted octanol–water partition coefficient (Wildman–Crippen LogP) is 3.92. The molecule has 4 rings (SSSR count). The van der Waals surface area contributed by atoms with Crippen LogP contribution in [-0.4, -0.2) is 22.9 Å². The van der Waals surface area contributed by atoms with Gasteiger partial charge in [0, 0.05) is 12.5 Å². The Bertz CT molecular complexity index is 500. The summed E-state index contributed by atoms with van der Waals surface area (Å²) in [6, 6.07) is 0. The first-order chi connectivity index (χ1) is 10.3. The number of aliphatic hydroxyl groups is 2. The second-order valence-corrected chi connectivity index (χ2v) is 9.63. The lowest BCUT2D eigenvalue weighted by Crippen LogP contribution is -2.58. The van der Waals surface area contributed by atoms with Crippen molar-refractivity contribution in [2.45, 2.75) is 71.3 Å². The van der Waals surface area contributed by atoms with Crippen LogP contribution in [0.15, 0.2) is 12.2 Å². The molecule has 0 aromatic heterocycles. The van der Waals surface area contributed by atoms with Crippen LogP contribution in [-0.2, 0) is 0 Å². The molecule has 4 aliphatic carbocycles. The maximum Gasteiger partial charge on any atom is 0.0608 e. The Hall–Kier alpha value is -0.340. The number of aliphatic hydroxyl groups excluding tert-OH is 2. The fourth-order valence-electron chi connectivity index (χ4n) is 7.63. The SMILES string of the molecule is C=C1CC23CCC4C(C)(CO)CCCC4(C)C2CC(O)C1C3. The van der Waals surface area contributed by atoms with Gasteiger partial charge in [-0.25, -0.2) is 0 Å². The van der Waals surface area contributed by atoms with Crippen LogP contribution in [0, 0.1) is 34.0 Å². The Labute approximate surface area is 135 Å². The first-order valence-corrected chi connectivity index (χ1v) is 9.31. The molecule has 2 heteroatoms. The van der Waals surface area contributed by atoms with Crippen LogP contribution in [0.4, 0.5) is 0 Å². The van der Waals surface area contributed by atoms with Crippen molar-refractivity contribution in [1.29, 1.82) is 0 Å². The lowest BCUT2D eigenvalue weighted by Gasteiger charge is -2.64. The first-order valence-electron chi connectivity index (χ1n) is 9.31. The lowest BCUT2D eigenvalue weighted by molar-refractivity contribution is -0.172. The van der Waals surface area contributed by atoms with Gasteiger partial charge in [-0.1, -0.05) is 32.4 Å². The quantitative estimate of drug-likeness (QED) is 0.721. The highest BCUT2D eigenvalue weighted by molar-refractivity contribution is 5.24. The molecule has 0 amide bonds. The van der Waals surface area contributed by atoms with Crippen LogP contribution >= 0.6 is 0 Å². The summed E-state index contributed by atoms with van der Waals surface area (Å²) >= 11 is 0. The van der Waals surface area contributed by atoms with Gasteiger partial charge in [-0.3, -0.25) is 0 Å². The van der Waals surface area contributed by atoms with Gasteiger partial charge in [-0.05, 0) is 73.0 Å². The Morgan fingerprint density at radius 2 is 1.95 bits per heavy atom. The summed E-state index contributed by atoms with van der Waals surface area (Å²) in [6.45, 7) is 9.43. The monoisotopic (exact) mass is 304 g/mol. The summed E-state index contributed by atoms with van der Waals surface area (Å²) in [6.07, 6.45) is 9.36. The molecule has 0 radical (unpaired) electrons. The Kier molecular flexibility index (Phi) is 3.18. The van der Waals surface area contributed by atoms with Crippen molar-refractivity contribution in [3.8, 4) is 0 Å². The zero-order chi connectivity index (χ0) is 15.8. The molecule has 0 saturated heterocycles. The van der Waals surface area contributed by atoms with Crippen molar-refractivity contribution < 1.29 is 10.2 Å². The summed E-state index contributed by atoms with van der Waals surface area (Å²) in [5.74, 6) is 1.60. The third-order valence-electron chi connectivity index (χ3n) is 8.60. The third kappa shape index (κ3) is 1.74. The van der Waals surface area contributed by atoms with Crippen LogP contribution in [0.3, 0.4) is 0 Å². The lowest BCUT2D eigenvalue weighted by atomic mass is 9.41. The maximum absolute atomic E-state index is 10.7. The van der Waals surface area contributed by atoms with Crippen molar-refractivity contribution in [2.24, 2.45) is 34.0 Å². The summed E-state index contributed by atoms with van der Waals surface area (Å²) in [5, 5.41) is 20.7. The van der Waals surface area contributed by atoms with Crippen LogP contribution < -0.4 is 0 Å². The fourth-order valence-corrected chi connectivity index (χ4v) is 7.63. The highest BCUT2D eigenvalue weighted by atomic mass is 16.3. The topological polar surface area (TPSA) is 40.5 Å². The van der Waals surface area contributed by atoms with Gasteiger partial charge in [0.25, 0.3) is 0 Å². The van der Waals surface area contributed by atoms with E-state index in [0.29, 0.717) is 35.2 Å². The zero-order valence-electron chi connectivity index (χ0n) is 14.3. The van der Waals surface area contributed by atoms with Crippen molar-refractivity contribution in [3.63, 3.8) is 0 Å². The molecule has 0 aromatic rings. The highest BCUT2D eigenvalue weighted by Crippen LogP contribution is 2.72.